The molecule has 208 valence electrons. The van der Waals surface area contributed by atoms with Crippen molar-refractivity contribution in [1.82, 2.24) is 15.2 Å². The molecule has 2 heterocycles. The van der Waals surface area contributed by atoms with Gasteiger partial charge in [0.2, 0.25) is 5.75 Å². The molecule has 15 heteroatoms. The van der Waals surface area contributed by atoms with E-state index in [1.54, 1.807) is 0 Å². The molecule has 2 aromatic heterocycles. The minimum atomic E-state index is -4.97. The van der Waals surface area contributed by atoms with E-state index in [1.807, 2.05) is 0 Å². The van der Waals surface area contributed by atoms with Gasteiger partial charge < -0.3 is 19.9 Å². The van der Waals surface area contributed by atoms with Crippen LogP contribution in [0.5, 0.6) is 17.5 Å². The standard InChI is InChI=1S/C24H23F4N5O5S/c1-12-16(20(34)31-13-6-4-7-14(10-13)39(3,29)36)21(33-32-19(12)24(26,27)28)38-22-18(37-2)17(25)15(11-30-22)23(35)8-5-9-23/h4,6-7,10-11,29,35H,5,8-9H2,1-3H3,(H,31,34). The van der Waals surface area contributed by atoms with Crippen LogP contribution in [0, 0.1) is 17.5 Å². The Bertz CT molecular complexity index is 1560. The summed E-state index contributed by atoms with van der Waals surface area (Å²) in [5.41, 5.74) is -4.31. The molecular weight excluding hydrogens is 546 g/mol. The molecule has 0 bridgehead atoms. The van der Waals surface area contributed by atoms with Crippen molar-refractivity contribution < 1.29 is 41.1 Å². The number of nitrogens with zero attached hydrogens (tertiary/aromatic N) is 3. The van der Waals surface area contributed by atoms with Gasteiger partial charge >= 0.3 is 6.18 Å². The van der Waals surface area contributed by atoms with E-state index in [-0.39, 0.29) is 16.1 Å². The molecule has 3 aromatic rings. The number of anilines is 1. The number of carbonyl (C=O) groups excluding carboxylic acids is 1. The van der Waals surface area contributed by atoms with Gasteiger partial charge in [-0.05, 0) is 49.9 Å². The number of methoxy groups -OCH3 is 1. The first-order valence-electron chi connectivity index (χ1n) is 11.4. The quantitative estimate of drug-likeness (QED) is 0.344. The summed E-state index contributed by atoms with van der Waals surface area (Å²) >= 11 is 0. The molecule has 1 fully saturated rings. The molecule has 0 spiro atoms. The number of hydrogen-bond donors (Lipinski definition) is 3. The van der Waals surface area contributed by atoms with Crippen LogP contribution in [0.25, 0.3) is 0 Å². The third-order valence-corrected chi connectivity index (χ3v) is 7.40. The summed E-state index contributed by atoms with van der Waals surface area (Å²) in [6, 6.07) is 5.43. The molecule has 4 rings (SSSR count). The number of halogens is 4. The molecule has 39 heavy (non-hydrogen) atoms. The number of hydrogen-bond acceptors (Lipinski definition) is 9. The number of amides is 1. The van der Waals surface area contributed by atoms with Crippen LogP contribution < -0.4 is 14.8 Å². The Balaban J connectivity index is 1.78. The Morgan fingerprint density at radius 1 is 1.23 bits per heavy atom. The van der Waals surface area contributed by atoms with Crippen molar-refractivity contribution in [3.8, 4) is 17.5 Å². The van der Waals surface area contributed by atoms with Gasteiger partial charge in [0, 0.05) is 28.6 Å². The molecule has 0 radical (unpaired) electrons. The van der Waals surface area contributed by atoms with Gasteiger partial charge in [0.1, 0.15) is 5.56 Å². The second-order valence-electron chi connectivity index (χ2n) is 8.99. The van der Waals surface area contributed by atoms with Gasteiger partial charge in [0.05, 0.1) is 22.4 Å². The van der Waals surface area contributed by atoms with Gasteiger partial charge in [0.25, 0.3) is 17.7 Å². The van der Waals surface area contributed by atoms with E-state index in [0.717, 1.165) is 20.2 Å². The van der Waals surface area contributed by atoms with Crippen molar-refractivity contribution in [2.45, 2.75) is 42.9 Å². The Labute approximate surface area is 220 Å². The lowest BCUT2D eigenvalue weighted by atomic mass is 9.75. The molecule has 0 aliphatic heterocycles. The minimum Gasteiger partial charge on any atom is -0.489 e. The van der Waals surface area contributed by atoms with E-state index in [9.17, 15) is 27.3 Å². The number of carbonyl (C=O) groups is 1. The van der Waals surface area contributed by atoms with E-state index >= 15 is 4.39 Å². The van der Waals surface area contributed by atoms with E-state index in [4.69, 9.17) is 14.3 Å². The molecule has 1 saturated carbocycles. The second-order valence-corrected chi connectivity index (χ2v) is 11.1. The van der Waals surface area contributed by atoms with E-state index in [1.165, 1.54) is 30.5 Å². The molecule has 10 nitrogen and oxygen atoms in total. The van der Waals surface area contributed by atoms with E-state index < -0.39 is 67.6 Å². The number of rotatable bonds is 7. The van der Waals surface area contributed by atoms with Crippen LogP contribution in [-0.2, 0) is 21.5 Å². The van der Waals surface area contributed by atoms with E-state index in [0.29, 0.717) is 19.3 Å². The molecule has 1 aromatic carbocycles. The first-order valence-corrected chi connectivity index (χ1v) is 13.3. The summed E-state index contributed by atoms with van der Waals surface area (Å²) in [6.45, 7) is 0.985. The lowest BCUT2D eigenvalue weighted by Crippen LogP contribution is -2.34. The lowest BCUT2D eigenvalue weighted by Gasteiger charge is -2.37. The van der Waals surface area contributed by atoms with Crippen LogP contribution >= 0.6 is 0 Å². The maximum atomic E-state index is 15.2. The van der Waals surface area contributed by atoms with Gasteiger partial charge in [-0.3, -0.25) is 4.79 Å². The topological polar surface area (TPSA) is 147 Å². The minimum absolute atomic E-state index is 0.0369. The highest BCUT2D eigenvalue weighted by molar-refractivity contribution is 7.91. The summed E-state index contributed by atoms with van der Waals surface area (Å²) in [5.74, 6) is -3.94. The zero-order valence-corrected chi connectivity index (χ0v) is 21.7. The fraction of sp³-hybridized carbons (Fsp3) is 0.333. The van der Waals surface area contributed by atoms with Crippen LogP contribution in [0.3, 0.4) is 0 Å². The fourth-order valence-electron chi connectivity index (χ4n) is 4.02. The largest absolute Gasteiger partial charge is 0.489 e. The van der Waals surface area contributed by atoms with Gasteiger partial charge in [-0.2, -0.15) is 13.2 Å². The Morgan fingerprint density at radius 3 is 2.49 bits per heavy atom. The molecule has 1 amide bonds. The molecule has 1 aliphatic rings. The number of nitrogens with one attached hydrogen (secondary N) is 2. The molecule has 1 aliphatic carbocycles. The molecule has 3 N–H and O–H groups in total. The number of aromatic nitrogens is 3. The third kappa shape index (κ3) is 5.49. The Hall–Kier alpha value is -3.85. The Morgan fingerprint density at radius 2 is 1.92 bits per heavy atom. The molecule has 1 atom stereocenters. The zero-order valence-electron chi connectivity index (χ0n) is 20.9. The van der Waals surface area contributed by atoms with Gasteiger partial charge in [-0.25, -0.2) is 18.4 Å². The number of aliphatic hydroxyl groups is 1. The highest BCUT2D eigenvalue weighted by Crippen LogP contribution is 2.45. The lowest BCUT2D eigenvalue weighted by molar-refractivity contribution is -0.142. The predicted molar refractivity (Wildman–Crippen MR) is 130 cm³/mol. The summed E-state index contributed by atoms with van der Waals surface area (Å²) < 4.78 is 86.4. The Kier molecular flexibility index (Phi) is 7.25. The van der Waals surface area contributed by atoms with Crippen LogP contribution in [0.1, 0.15) is 46.4 Å². The van der Waals surface area contributed by atoms with E-state index in [2.05, 4.69) is 20.5 Å². The number of pyridine rings is 1. The smallest absolute Gasteiger partial charge is 0.435 e. The van der Waals surface area contributed by atoms with Crippen LogP contribution in [0.4, 0.5) is 23.2 Å². The number of alkyl halides is 3. The maximum Gasteiger partial charge on any atom is 0.435 e. The van der Waals surface area contributed by atoms with Crippen LogP contribution in [-0.4, -0.2) is 43.8 Å². The van der Waals surface area contributed by atoms with Crippen molar-refractivity contribution >= 4 is 21.3 Å². The van der Waals surface area contributed by atoms with Gasteiger partial charge in [0.15, 0.2) is 11.5 Å². The first-order chi connectivity index (χ1) is 18.2. The third-order valence-electron chi connectivity index (χ3n) is 6.24. The van der Waals surface area contributed by atoms with Crippen molar-refractivity contribution in [2.75, 3.05) is 18.7 Å². The zero-order chi connectivity index (χ0) is 28.8. The van der Waals surface area contributed by atoms with Gasteiger partial charge in [-0.1, -0.05) is 6.07 Å². The first kappa shape index (κ1) is 28.2. The predicted octanol–water partition coefficient (Wildman–Crippen LogP) is 4.80. The average molecular weight is 570 g/mol. The van der Waals surface area contributed by atoms with Crippen molar-refractivity contribution in [3.05, 3.63) is 58.7 Å². The summed E-state index contributed by atoms with van der Waals surface area (Å²) in [6.07, 6.45) is -1.50. The fourth-order valence-corrected chi connectivity index (χ4v) is 4.71. The SMILES string of the molecule is COc1c(Oc2nnc(C(F)(F)F)c(C)c2C(=O)Nc2cccc(S(C)(=N)=O)c2)ncc(C2(O)CCC2)c1F. The second kappa shape index (κ2) is 10.0. The van der Waals surface area contributed by atoms with Crippen molar-refractivity contribution in [2.24, 2.45) is 0 Å². The normalized spacial score (nSPS) is 16.1. The van der Waals surface area contributed by atoms with Gasteiger partial charge in [-0.15, -0.1) is 10.2 Å². The summed E-state index contributed by atoms with van der Waals surface area (Å²) in [7, 11) is -2.05. The molecule has 1 unspecified atom stereocenters. The molecular formula is C24H23F4N5O5S. The number of benzene rings is 1. The summed E-state index contributed by atoms with van der Waals surface area (Å²) in [5, 5.41) is 19.5. The van der Waals surface area contributed by atoms with Crippen molar-refractivity contribution in [1.29, 1.82) is 4.78 Å². The molecule has 0 saturated heterocycles. The van der Waals surface area contributed by atoms with Crippen LogP contribution in [0.2, 0.25) is 0 Å². The monoisotopic (exact) mass is 569 g/mol. The highest BCUT2D eigenvalue weighted by Gasteiger charge is 2.41. The average Bonchev–Trinajstić information content (AvgIpc) is 2.82. The maximum absolute atomic E-state index is 15.2. The number of ether oxygens (including phenoxy) is 2. The summed E-state index contributed by atoms with van der Waals surface area (Å²) in [4.78, 5) is 17.3. The van der Waals surface area contributed by atoms with Crippen molar-refractivity contribution in [3.63, 3.8) is 0 Å². The van der Waals surface area contributed by atoms with Crippen LogP contribution in [0.15, 0.2) is 35.4 Å². The highest BCUT2D eigenvalue weighted by atomic mass is 32.2.